The summed E-state index contributed by atoms with van der Waals surface area (Å²) in [4.78, 5) is 26.6. The van der Waals surface area contributed by atoms with E-state index in [1.807, 2.05) is 67.6 Å². The van der Waals surface area contributed by atoms with Crippen molar-refractivity contribution in [2.75, 3.05) is 26.3 Å². The van der Waals surface area contributed by atoms with Crippen molar-refractivity contribution in [3.63, 3.8) is 0 Å². The molecule has 0 radical (unpaired) electrons. The molecule has 0 aliphatic rings. The Labute approximate surface area is 207 Å². The predicted molar refractivity (Wildman–Crippen MR) is 137 cm³/mol. The van der Waals surface area contributed by atoms with E-state index in [1.165, 1.54) is 11.1 Å². The predicted octanol–water partition coefficient (Wildman–Crippen LogP) is 5.38. The Morgan fingerprint density at radius 3 is 1.97 bits per heavy atom. The molecule has 0 heterocycles. The van der Waals surface area contributed by atoms with Gasteiger partial charge in [-0.2, -0.15) is 0 Å². The zero-order valence-corrected chi connectivity index (χ0v) is 20.5. The second kappa shape index (κ2) is 13.8. The number of carbonyl (C=O) groups excluding carboxylic acids is 2. The Bertz CT molecular complexity index is 1000. The van der Waals surface area contributed by atoms with E-state index in [9.17, 15) is 9.59 Å². The molecule has 0 aliphatic carbocycles. The Hall–Kier alpha value is -3.80. The van der Waals surface area contributed by atoms with Crippen LogP contribution in [0.4, 0.5) is 4.79 Å². The second-order valence-electron chi connectivity index (χ2n) is 8.12. The van der Waals surface area contributed by atoms with Crippen LogP contribution in [-0.4, -0.2) is 43.2 Å². The molecule has 2 amide bonds. The topological polar surface area (TPSA) is 67.9 Å². The van der Waals surface area contributed by atoms with Crippen molar-refractivity contribution in [1.82, 2.24) is 10.2 Å². The third-order valence-corrected chi connectivity index (χ3v) is 5.68. The molecule has 0 saturated heterocycles. The van der Waals surface area contributed by atoms with Gasteiger partial charge in [0, 0.05) is 19.0 Å². The zero-order chi connectivity index (χ0) is 24.9. The fraction of sp³-hybridized carbons (Fsp3) is 0.310. The van der Waals surface area contributed by atoms with Crippen molar-refractivity contribution >= 4 is 12.0 Å². The fourth-order valence-corrected chi connectivity index (χ4v) is 3.98. The van der Waals surface area contributed by atoms with Crippen molar-refractivity contribution in [3.05, 3.63) is 102 Å². The number of benzene rings is 3. The van der Waals surface area contributed by atoms with Crippen molar-refractivity contribution in [2.24, 2.45) is 0 Å². The molecule has 0 aromatic heterocycles. The minimum absolute atomic E-state index is 0.137. The van der Waals surface area contributed by atoms with Crippen molar-refractivity contribution in [3.8, 4) is 5.75 Å². The molecule has 0 unspecified atom stereocenters. The number of carbonyl (C=O) groups is 2. The zero-order valence-electron chi connectivity index (χ0n) is 20.5. The number of urea groups is 1. The summed E-state index contributed by atoms with van der Waals surface area (Å²) >= 11 is 0. The van der Waals surface area contributed by atoms with Gasteiger partial charge in [0.15, 0.2) is 0 Å². The van der Waals surface area contributed by atoms with Gasteiger partial charge in [-0.3, -0.25) is 4.79 Å². The lowest BCUT2D eigenvalue weighted by Gasteiger charge is -2.26. The minimum atomic E-state index is -0.451. The Kier molecular flexibility index (Phi) is 10.2. The van der Waals surface area contributed by atoms with Crippen molar-refractivity contribution in [1.29, 1.82) is 0 Å². The van der Waals surface area contributed by atoms with E-state index in [1.54, 1.807) is 11.8 Å². The van der Waals surface area contributed by atoms with Gasteiger partial charge in [-0.15, -0.1) is 0 Å². The molecule has 0 bridgehead atoms. The average Bonchev–Trinajstić information content (AvgIpc) is 2.89. The number of hydrogen-bond acceptors (Lipinski definition) is 4. The van der Waals surface area contributed by atoms with Gasteiger partial charge in [0.25, 0.3) is 0 Å². The summed E-state index contributed by atoms with van der Waals surface area (Å²) in [5, 5.41) is 2.71. The molecule has 6 heteroatoms. The van der Waals surface area contributed by atoms with Crippen LogP contribution in [0.15, 0.2) is 84.9 Å². The van der Waals surface area contributed by atoms with Crippen LogP contribution < -0.4 is 10.1 Å². The smallest absolute Gasteiger partial charge is 0.325 e. The first-order chi connectivity index (χ1) is 17.1. The molecule has 0 atom stereocenters. The van der Waals surface area contributed by atoms with Crippen LogP contribution in [0.2, 0.25) is 0 Å². The molecule has 35 heavy (non-hydrogen) atoms. The fourth-order valence-electron chi connectivity index (χ4n) is 3.98. The first-order valence-electron chi connectivity index (χ1n) is 12.1. The minimum Gasteiger partial charge on any atom is -0.494 e. The number of ether oxygens (including phenoxy) is 2. The highest BCUT2D eigenvalue weighted by atomic mass is 16.5. The van der Waals surface area contributed by atoms with Gasteiger partial charge in [-0.1, -0.05) is 72.8 Å². The lowest BCUT2D eigenvalue weighted by Crippen LogP contribution is -2.42. The third kappa shape index (κ3) is 8.18. The highest BCUT2D eigenvalue weighted by Gasteiger charge is 2.20. The van der Waals surface area contributed by atoms with E-state index < -0.39 is 5.97 Å². The van der Waals surface area contributed by atoms with Crippen LogP contribution in [0.5, 0.6) is 5.75 Å². The van der Waals surface area contributed by atoms with E-state index in [4.69, 9.17) is 9.47 Å². The molecule has 6 nitrogen and oxygen atoms in total. The monoisotopic (exact) mass is 474 g/mol. The van der Waals surface area contributed by atoms with Crippen LogP contribution in [0.25, 0.3) is 0 Å². The Morgan fingerprint density at radius 2 is 1.43 bits per heavy atom. The lowest BCUT2D eigenvalue weighted by atomic mass is 9.88. The molecule has 1 N–H and O–H groups in total. The summed E-state index contributed by atoms with van der Waals surface area (Å²) in [5.74, 6) is 0.481. The molecule has 3 aromatic carbocycles. The molecule has 0 fully saturated rings. The van der Waals surface area contributed by atoms with E-state index in [-0.39, 0.29) is 25.1 Å². The number of hydrogen-bond donors (Lipinski definition) is 1. The van der Waals surface area contributed by atoms with Crippen molar-refractivity contribution in [2.45, 2.75) is 32.7 Å². The van der Waals surface area contributed by atoms with E-state index in [0.717, 1.165) is 17.7 Å². The molecular formula is C29H34N2O4. The molecule has 3 aromatic rings. The first-order valence-corrected chi connectivity index (χ1v) is 12.1. The van der Waals surface area contributed by atoms with Crippen LogP contribution in [0, 0.1) is 0 Å². The Balaban J connectivity index is 1.77. The van der Waals surface area contributed by atoms with Gasteiger partial charge in [-0.05, 0) is 49.1 Å². The number of amides is 2. The van der Waals surface area contributed by atoms with Gasteiger partial charge in [0.2, 0.25) is 0 Å². The molecule has 0 spiro atoms. The summed E-state index contributed by atoms with van der Waals surface area (Å²) < 4.78 is 10.5. The molecule has 0 aliphatic heterocycles. The molecule has 3 rings (SSSR count). The third-order valence-electron chi connectivity index (χ3n) is 5.68. The highest BCUT2D eigenvalue weighted by molar-refractivity contribution is 5.80. The van der Waals surface area contributed by atoms with Crippen LogP contribution >= 0.6 is 0 Å². The maximum atomic E-state index is 13.1. The van der Waals surface area contributed by atoms with Gasteiger partial charge in [0.1, 0.15) is 12.3 Å². The molecule has 184 valence electrons. The van der Waals surface area contributed by atoms with Crippen molar-refractivity contribution < 1.29 is 19.1 Å². The van der Waals surface area contributed by atoms with Crippen LogP contribution in [0.1, 0.15) is 42.9 Å². The summed E-state index contributed by atoms with van der Waals surface area (Å²) in [7, 11) is 0. The Morgan fingerprint density at radius 1 is 0.829 bits per heavy atom. The number of rotatable bonds is 12. The van der Waals surface area contributed by atoms with Gasteiger partial charge < -0.3 is 19.7 Å². The maximum absolute atomic E-state index is 13.1. The summed E-state index contributed by atoms with van der Waals surface area (Å²) in [6, 6.07) is 28.1. The number of nitrogens with zero attached hydrogens (tertiary/aromatic N) is 1. The maximum Gasteiger partial charge on any atom is 0.325 e. The lowest BCUT2D eigenvalue weighted by molar-refractivity contribution is -0.141. The largest absolute Gasteiger partial charge is 0.494 e. The van der Waals surface area contributed by atoms with E-state index >= 15 is 0 Å². The number of esters is 1. The standard InChI is InChI=1S/C29H34N2O4/c1-3-34-26-17-15-23(16-18-26)22-31(29(33)30-21-28(32)35-4-2)20-19-27(24-11-7-5-8-12-24)25-13-9-6-10-14-25/h5-18,27H,3-4,19-22H2,1-2H3,(H,30,33). The van der Waals surface area contributed by atoms with Gasteiger partial charge >= 0.3 is 12.0 Å². The summed E-state index contributed by atoms with van der Waals surface area (Å²) in [6.07, 6.45) is 0.734. The van der Waals surface area contributed by atoms with Crippen LogP contribution in [0.3, 0.4) is 0 Å². The quantitative estimate of drug-likeness (QED) is 0.358. The first kappa shape index (κ1) is 25.8. The van der Waals surface area contributed by atoms with Gasteiger partial charge in [-0.25, -0.2) is 4.79 Å². The summed E-state index contributed by atoms with van der Waals surface area (Å²) in [5.41, 5.74) is 3.38. The van der Waals surface area contributed by atoms with E-state index in [2.05, 4.69) is 29.6 Å². The second-order valence-corrected chi connectivity index (χ2v) is 8.12. The normalized spacial score (nSPS) is 10.6. The number of nitrogens with one attached hydrogen (secondary N) is 1. The highest BCUT2D eigenvalue weighted by Crippen LogP contribution is 2.28. The molecular weight excluding hydrogens is 440 g/mol. The van der Waals surface area contributed by atoms with E-state index in [0.29, 0.717) is 19.7 Å². The molecule has 0 saturated carbocycles. The van der Waals surface area contributed by atoms with Gasteiger partial charge in [0.05, 0.1) is 13.2 Å². The average molecular weight is 475 g/mol. The summed E-state index contributed by atoms with van der Waals surface area (Å²) in [6.45, 7) is 5.33. The van der Waals surface area contributed by atoms with Crippen LogP contribution in [-0.2, 0) is 16.1 Å². The SMILES string of the molecule is CCOC(=O)CNC(=O)N(CCC(c1ccccc1)c1ccccc1)Cc1ccc(OCC)cc1.